The average Bonchev–Trinajstić information content (AvgIpc) is 2.40. The van der Waals surface area contributed by atoms with Crippen LogP contribution in [-0.2, 0) is 11.2 Å². The van der Waals surface area contributed by atoms with Crippen molar-refractivity contribution >= 4 is 0 Å². The lowest BCUT2D eigenvalue weighted by Crippen LogP contribution is -2.35. The molecule has 0 amide bonds. The largest absolute Gasteiger partial charge is 0.496 e. The van der Waals surface area contributed by atoms with Gasteiger partial charge in [-0.05, 0) is 37.4 Å². The minimum absolute atomic E-state index is 0.387. The molecule has 0 aromatic heterocycles. The van der Waals surface area contributed by atoms with Gasteiger partial charge in [-0.1, -0.05) is 18.2 Å². The van der Waals surface area contributed by atoms with Crippen molar-refractivity contribution in [3.63, 3.8) is 0 Å². The van der Waals surface area contributed by atoms with Crippen molar-refractivity contribution in [3.05, 3.63) is 29.8 Å². The molecule has 1 unspecified atom stereocenters. The number of nitrogens with one attached hydrogen (secondary N) is 1. The maximum absolute atomic E-state index is 5.87. The highest BCUT2D eigenvalue weighted by Gasteiger charge is 2.13. The maximum atomic E-state index is 5.87. The minimum atomic E-state index is 0.387. The van der Waals surface area contributed by atoms with Gasteiger partial charge in [-0.2, -0.15) is 0 Å². The van der Waals surface area contributed by atoms with Crippen molar-refractivity contribution in [2.24, 2.45) is 0 Å². The first kappa shape index (κ1) is 12.4. The number of piperidine rings is 1. The molecule has 0 saturated carbocycles. The van der Waals surface area contributed by atoms with Crippen LogP contribution in [0, 0.1) is 0 Å². The van der Waals surface area contributed by atoms with Gasteiger partial charge in [-0.25, -0.2) is 0 Å². The van der Waals surface area contributed by atoms with E-state index in [0.717, 1.165) is 31.9 Å². The van der Waals surface area contributed by atoms with Crippen LogP contribution in [0.3, 0.4) is 0 Å². The van der Waals surface area contributed by atoms with E-state index in [1.54, 1.807) is 7.11 Å². The number of para-hydroxylation sites is 1. The van der Waals surface area contributed by atoms with Gasteiger partial charge in [0, 0.05) is 6.54 Å². The number of rotatable bonds is 5. The summed E-state index contributed by atoms with van der Waals surface area (Å²) < 4.78 is 11.2. The Morgan fingerprint density at radius 3 is 3.00 bits per heavy atom. The highest BCUT2D eigenvalue weighted by Crippen LogP contribution is 2.18. The van der Waals surface area contributed by atoms with Crippen molar-refractivity contribution in [2.45, 2.75) is 25.4 Å². The number of hydrogen-bond acceptors (Lipinski definition) is 3. The standard InChI is InChI=1S/C14H21NO2/c1-16-14-7-3-2-5-12(14)8-10-17-13-6-4-9-15-11-13/h2-3,5,7,13,15H,4,6,8-11H2,1H3. The van der Waals surface area contributed by atoms with Crippen LogP contribution in [0.2, 0.25) is 0 Å². The van der Waals surface area contributed by atoms with Crippen LogP contribution >= 0.6 is 0 Å². The Kier molecular flexibility index (Phi) is 4.83. The summed E-state index contributed by atoms with van der Waals surface area (Å²) in [5, 5.41) is 3.36. The summed E-state index contributed by atoms with van der Waals surface area (Å²) in [5.74, 6) is 0.956. The molecule has 1 aromatic rings. The molecular formula is C14H21NO2. The van der Waals surface area contributed by atoms with E-state index < -0.39 is 0 Å². The molecule has 94 valence electrons. The summed E-state index contributed by atoms with van der Waals surface area (Å²) in [4.78, 5) is 0. The molecule has 1 aliphatic rings. The van der Waals surface area contributed by atoms with E-state index in [2.05, 4.69) is 11.4 Å². The van der Waals surface area contributed by atoms with Crippen molar-refractivity contribution < 1.29 is 9.47 Å². The lowest BCUT2D eigenvalue weighted by molar-refractivity contribution is 0.0388. The smallest absolute Gasteiger partial charge is 0.122 e. The van der Waals surface area contributed by atoms with Crippen molar-refractivity contribution in [3.8, 4) is 5.75 Å². The fraction of sp³-hybridized carbons (Fsp3) is 0.571. The number of ether oxygens (including phenoxy) is 2. The molecule has 17 heavy (non-hydrogen) atoms. The fourth-order valence-electron chi connectivity index (χ4n) is 2.21. The van der Waals surface area contributed by atoms with Gasteiger partial charge < -0.3 is 14.8 Å². The second kappa shape index (κ2) is 6.62. The zero-order chi connectivity index (χ0) is 11.9. The quantitative estimate of drug-likeness (QED) is 0.847. The molecule has 1 aliphatic heterocycles. The molecular weight excluding hydrogens is 214 g/mol. The van der Waals surface area contributed by atoms with Gasteiger partial charge in [0.05, 0.1) is 19.8 Å². The van der Waals surface area contributed by atoms with E-state index in [1.165, 1.54) is 18.4 Å². The van der Waals surface area contributed by atoms with Gasteiger partial charge in [0.15, 0.2) is 0 Å². The molecule has 0 bridgehead atoms. The van der Waals surface area contributed by atoms with Gasteiger partial charge in [0.1, 0.15) is 5.75 Å². The lowest BCUT2D eigenvalue weighted by Gasteiger charge is -2.23. The van der Waals surface area contributed by atoms with Crippen LogP contribution in [0.5, 0.6) is 5.75 Å². The first-order valence-corrected chi connectivity index (χ1v) is 6.34. The van der Waals surface area contributed by atoms with E-state index in [9.17, 15) is 0 Å². The lowest BCUT2D eigenvalue weighted by atomic mass is 10.1. The summed E-state index contributed by atoms with van der Waals surface area (Å²) >= 11 is 0. The molecule has 1 heterocycles. The van der Waals surface area contributed by atoms with Gasteiger partial charge in [0.2, 0.25) is 0 Å². The normalized spacial score (nSPS) is 20.2. The summed E-state index contributed by atoms with van der Waals surface area (Å²) in [7, 11) is 1.71. The molecule has 3 heteroatoms. The second-order valence-electron chi connectivity index (χ2n) is 4.40. The summed E-state index contributed by atoms with van der Waals surface area (Å²) in [6, 6.07) is 8.13. The summed E-state index contributed by atoms with van der Waals surface area (Å²) in [6.07, 6.45) is 3.71. The predicted molar refractivity (Wildman–Crippen MR) is 68.5 cm³/mol. The zero-order valence-electron chi connectivity index (χ0n) is 10.4. The fourth-order valence-corrected chi connectivity index (χ4v) is 2.21. The van der Waals surface area contributed by atoms with Crippen LogP contribution in [0.15, 0.2) is 24.3 Å². The SMILES string of the molecule is COc1ccccc1CCOC1CCCNC1. The molecule has 0 radical (unpaired) electrons. The molecule has 1 fully saturated rings. The number of methoxy groups -OCH3 is 1. The number of benzene rings is 1. The van der Waals surface area contributed by atoms with E-state index >= 15 is 0 Å². The zero-order valence-corrected chi connectivity index (χ0v) is 10.4. The van der Waals surface area contributed by atoms with Gasteiger partial charge >= 0.3 is 0 Å². The Hall–Kier alpha value is -1.06. The third kappa shape index (κ3) is 3.72. The monoisotopic (exact) mass is 235 g/mol. The van der Waals surface area contributed by atoms with Crippen molar-refractivity contribution in [2.75, 3.05) is 26.8 Å². The summed E-state index contributed by atoms with van der Waals surface area (Å²) in [5.41, 5.74) is 1.22. The molecule has 1 aromatic carbocycles. The van der Waals surface area contributed by atoms with E-state index in [-0.39, 0.29) is 0 Å². The van der Waals surface area contributed by atoms with Crippen molar-refractivity contribution in [1.29, 1.82) is 0 Å². The third-order valence-corrected chi connectivity index (χ3v) is 3.17. The van der Waals surface area contributed by atoms with Crippen LogP contribution in [0.25, 0.3) is 0 Å². The Labute approximate surface area is 103 Å². The minimum Gasteiger partial charge on any atom is -0.496 e. The highest BCUT2D eigenvalue weighted by atomic mass is 16.5. The van der Waals surface area contributed by atoms with Gasteiger partial charge in [-0.3, -0.25) is 0 Å². The molecule has 1 saturated heterocycles. The van der Waals surface area contributed by atoms with E-state index in [1.807, 2.05) is 18.2 Å². The van der Waals surface area contributed by atoms with Gasteiger partial charge in [-0.15, -0.1) is 0 Å². The third-order valence-electron chi connectivity index (χ3n) is 3.17. The molecule has 1 atom stereocenters. The molecule has 1 N–H and O–H groups in total. The van der Waals surface area contributed by atoms with E-state index in [4.69, 9.17) is 9.47 Å². The molecule has 0 aliphatic carbocycles. The molecule has 2 rings (SSSR count). The average molecular weight is 235 g/mol. The van der Waals surface area contributed by atoms with Crippen molar-refractivity contribution in [1.82, 2.24) is 5.32 Å². The Morgan fingerprint density at radius 2 is 2.24 bits per heavy atom. The Morgan fingerprint density at radius 1 is 1.35 bits per heavy atom. The highest BCUT2D eigenvalue weighted by molar-refractivity contribution is 5.33. The van der Waals surface area contributed by atoms with E-state index in [0.29, 0.717) is 6.10 Å². The van der Waals surface area contributed by atoms with Crippen LogP contribution in [-0.4, -0.2) is 32.9 Å². The number of hydrogen-bond donors (Lipinski definition) is 1. The van der Waals surface area contributed by atoms with Crippen LogP contribution < -0.4 is 10.1 Å². The molecule has 3 nitrogen and oxygen atoms in total. The maximum Gasteiger partial charge on any atom is 0.122 e. The topological polar surface area (TPSA) is 30.5 Å². The van der Waals surface area contributed by atoms with Crippen LogP contribution in [0.1, 0.15) is 18.4 Å². The van der Waals surface area contributed by atoms with Gasteiger partial charge in [0.25, 0.3) is 0 Å². The van der Waals surface area contributed by atoms with Crippen LogP contribution in [0.4, 0.5) is 0 Å². The second-order valence-corrected chi connectivity index (χ2v) is 4.40. The molecule has 0 spiro atoms. The summed E-state index contributed by atoms with van der Waals surface area (Å²) in [6.45, 7) is 2.89. The predicted octanol–water partition coefficient (Wildman–Crippen LogP) is 2.01. The first-order valence-electron chi connectivity index (χ1n) is 6.34. The first-order chi connectivity index (χ1) is 8.40. The Bertz CT molecular complexity index is 335. The Balaban J connectivity index is 1.77.